The Morgan fingerprint density at radius 2 is 1.60 bits per heavy atom. The van der Waals surface area contributed by atoms with Crippen LogP contribution in [0.3, 0.4) is 0 Å². The van der Waals surface area contributed by atoms with Crippen LogP contribution in [0, 0.1) is 0 Å². The zero-order chi connectivity index (χ0) is 16.1. The zero-order valence-corrected chi connectivity index (χ0v) is 11.5. The van der Waals surface area contributed by atoms with E-state index in [9.17, 15) is 9.59 Å². The number of rotatable bonds is 9. The molecular weight excluding hydrogens is 272 g/mol. The predicted octanol–water partition coefficient (Wildman–Crippen LogP) is -1.73. The smallest absolute Gasteiger partial charge is 0.303 e. The third kappa shape index (κ3) is 10.8. The van der Waals surface area contributed by atoms with Gasteiger partial charge in [0.2, 0.25) is 0 Å². The van der Waals surface area contributed by atoms with Gasteiger partial charge < -0.3 is 30.6 Å². The molecule has 0 radical (unpaired) electrons. The lowest BCUT2D eigenvalue weighted by molar-refractivity contribution is -0.142. The summed E-state index contributed by atoms with van der Waals surface area (Å²) in [6, 6.07) is 0. The Balaban J connectivity index is 0. The molecule has 3 atom stereocenters. The fraction of sp³-hybridized carbons (Fsp3) is 0.833. The lowest BCUT2D eigenvalue weighted by Gasteiger charge is -2.19. The molecule has 20 heavy (non-hydrogen) atoms. The van der Waals surface area contributed by atoms with Gasteiger partial charge in [0.15, 0.2) is 5.78 Å². The second-order valence-electron chi connectivity index (χ2n) is 4.16. The molecule has 0 aliphatic heterocycles. The number of aliphatic hydroxyl groups excluding tert-OH is 5. The maximum Gasteiger partial charge on any atom is 0.303 e. The predicted molar refractivity (Wildman–Crippen MR) is 69.0 cm³/mol. The van der Waals surface area contributed by atoms with Gasteiger partial charge in [-0.3, -0.25) is 9.59 Å². The molecule has 0 bridgehead atoms. The van der Waals surface area contributed by atoms with Gasteiger partial charge in [-0.15, -0.1) is 0 Å². The van der Waals surface area contributed by atoms with E-state index in [-0.39, 0.29) is 0 Å². The summed E-state index contributed by atoms with van der Waals surface area (Å²) in [6.45, 7) is 0.370. The fourth-order valence-electron chi connectivity index (χ4n) is 1.13. The van der Waals surface area contributed by atoms with E-state index in [2.05, 4.69) is 6.92 Å². The van der Waals surface area contributed by atoms with Crippen molar-refractivity contribution in [2.45, 2.75) is 50.9 Å². The van der Waals surface area contributed by atoms with E-state index in [0.29, 0.717) is 6.42 Å². The third-order valence-corrected chi connectivity index (χ3v) is 2.38. The quantitative estimate of drug-likeness (QED) is 0.274. The summed E-state index contributed by atoms with van der Waals surface area (Å²) in [4.78, 5) is 20.4. The number of hydrogen-bond donors (Lipinski definition) is 6. The highest BCUT2D eigenvalue weighted by Crippen LogP contribution is 2.00. The maximum atomic E-state index is 10.5. The minimum Gasteiger partial charge on any atom is -0.481 e. The number of carboxylic acids is 1. The molecule has 0 aromatic heterocycles. The van der Waals surface area contributed by atoms with Gasteiger partial charge in [-0.1, -0.05) is 19.8 Å². The summed E-state index contributed by atoms with van der Waals surface area (Å²) >= 11 is 0. The summed E-state index contributed by atoms with van der Waals surface area (Å²) in [5.74, 6) is -1.69. The van der Waals surface area contributed by atoms with Crippen LogP contribution in [0.5, 0.6) is 0 Å². The largest absolute Gasteiger partial charge is 0.481 e. The molecule has 0 aromatic carbocycles. The van der Waals surface area contributed by atoms with Crippen LogP contribution in [0.15, 0.2) is 0 Å². The number of aliphatic carboxylic acids is 1. The topological polar surface area (TPSA) is 156 Å². The summed E-state index contributed by atoms with van der Waals surface area (Å²) in [5, 5.41) is 51.2. The molecule has 0 aliphatic carbocycles. The SMILES string of the molecule is CCCCCC(=O)O.O=C(CO)[C@H](O)[C@@H](O)[C@H](O)CO. The summed E-state index contributed by atoms with van der Waals surface area (Å²) in [7, 11) is 0. The summed E-state index contributed by atoms with van der Waals surface area (Å²) < 4.78 is 0. The average molecular weight is 296 g/mol. The Kier molecular flexibility index (Phi) is 13.8. The molecule has 0 unspecified atom stereocenters. The van der Waals surface area contributed by atoms with E-state index >= 15 is 0 Å². The van der Waals surface area contributed by atoms with Crippen LogP contribution in [-0.2, 0) is 9.59 Å². The van der Waals surface area contributed by atoms with Crippen LogP contribution in [0.1, 0.15) is 32.6 Å². The van der Waals surface area contributed by atoms with E-state index in [1.165, 1.54) is 0 Å². The first-order chi connectivity index (χ1) is 9.31. The molecule has 0 saturated heterocycles. The van der Waals surface area contributed by atoms with Gasteiger partial charge in [0, 0.05) is 6.42 Å². The molecule has 0 saturated carbocycles. The second-order valence-corrected chi connectivity index (χ2v) is 4.16. The van der Waals surface area contributed by atoms with Crippen molar-refractivity contribution >= 4 is 11.8 Å². The Bertz CT molecular complexity index is 268. The van der Waals surface area contributed by atoms with Gasteiger partial charge in [-0.25, -0.2) is 0 Å². The number of aliphatic hydroxyl groups is 5. The fourth-order valence-corrected chi connectivity index (χ4v) is 1.13. The van der Waals surface area contributed by atoms with Gasteiger partial charge in [-0.2, -0.15) is 0 Å². The number of carbonyl (C=O) groups is 2. The minimum atomic E-state index is -1.86. The molecule has 8 heteroatoms. The third-order valence-electron chi connectivity index (χ3n) is 2.38. The minimum absolute atomic E-state index is 0.327. The van der Waals surface area contributed by atoms with Crippen LogP contribution in [0.2, 0.25) is 0 Å². The monoisotopic (exact) mass is 296 g/mol. The highest BCUT2D eigenvalue weighted by Gasteiger charge is 2.28. The molecule has 6 N–H and O–H groups in total. The highest BCUT2D eigenvalue weighted by atomic mass is 16.4. The lowest BCUT2D eigenvalue weighted by Crippen LogP contribution is -2.44. The van der Waals surface area contributed by atoms with Crippen LogP contribution in [0.4, 0.5) is 0 Å². The van der Waals surface area contributed by atoms with Crippen molar-refractivity contribution < 1.29 is 40.2 Å². The second kappa shape index (κ2) is 12.9. The van der Waals surface area contributed by atoms with Crippen LogP contribution < -0.4 is 0 Å². The first kappa shape index (κ1) is 21.2. The van der Waals surface area contributed by atoms with Gasteiger partial charge >= 0.3 is 5.97 Å². The summed E-state index contributed by atoms with van der Waals surface area (Å²) in [5.41, 5.74) is 0. The number of unbranched alkanes of at least 4 members (excludes halogenated alkanes) is 2. The Morgan fingerprint density at radius 3 is 1.95 bits per heavy atom. The van der Waals surface area contributed by atoms with E-state index in [4.69, 9.17) is 30.6 Å². The van der Waals surface area contributed by atoms with Crippen molar-refractivity contribution in [2.24, 2.45) is 0 Å². The Hall–Kier alpha value is -1.06. The van der Waals surface area contributed by atoms with Crippen molar-refractivity contribution in [1.29, 1.82) is 0 Å². The van der Waals surface area contributed by atoms with Crippen molar-refractivity contribution in [2.75, 3.05) is 13.2 Å². The van der Waals surface area contributed by atoms with E-state index in [1.807, 2.05) is 0 Å². The average Bonchev–Trinajstić information content (AvgIpc) is 2.44. The molecule has 0 rings (SSSR count). The zero-order valence-electron chi connectivity index (χ0n) is 11.5. The molecule has 0 spiro atoms. The van der Waals surface area contributed by atoms with E-state index in [0.717, 1.165) is 19.3 Å². The molecular formula is C12H24O8. The Labute approximate surface area is 117 Å². The first-order valence-corrected chi connectivity index (χ1v) is 6.32. The highest BCUT2D eigenvalue weighted by molar-refractivity contribution is 5.84. The molecule has 0 amide bonds. The van der Waals surface area contributed by atoms with Gasteiger partial charge in [0.05, 0.1) is 6.61 Å². The molecule has 120 valence electrons. The van der Waals surface area contributed by atoms with E-state index in [1.54, 1.807) is 0 Å². The molecule has 0 aliphatic rings. The van der Waals surface area contributed by atoms with Crippen LogP contribution in [-0.4, -0.2) is 73.9 Å². The van der Waals surface area contributed by atoms with Crippen molar-refractivity contribution in [3.05, 3.63) is 0 Å². The normalized spacial score (nSPS) is 14.7. The van der Waals surface area contributed by atoms with E-state index < -0.39 is 43.3 Å². The summed E-state index contributed by atoms with van der Waals surface area (Å²) in [6.07, 6.45) is -1.94. The standard InChI is InChI=1S/C6H12O6.C6H12O2/c7-1-3(9)5(11)6(12)4(10)2-8;1-2-3-4-5-6(7)8/h3,5-9,11-12H,1-2H2;2-5H2,1H3,(H,7,8)/t3-,5+,6+;/m1./s1. The number of carboxylic acid groups (broad SMARTS) is 1. The number of Topliss-reactive ketones (excluding diaryl/α,β-unsaturated/α-hetero) is 1. The van der Waals surface area contributed by atoms with Crippen molar-refractivity contribution in [3.63, 3.8) is 0 Å². The maximum absolute atomic E-state index is 10.5. The lowest BCUT2D eigenvalue weighted by atomic mass is 10.1. The van der Waals surface area contributed by atoms with Crippen LogP contribution in [0.25, 0.3) is 0 Å². The molecule has 0 aromatic rings. The number of carbonyl (C=O) groups excluding carboxylic acids is 1. The van der Waals surface area contributed by atoms with Gasteiger partial charge in [0.25, 0.3) is 0 Å². The van der Waals surface area contributed by atoms with Crippen molar-refractivity contribution in [1.82, 2.24) is 0 Å². The number of hydrogen-bond acceptors (Lipinski definition) is 7. The first-order valence-electron chi connectivity index (χ1n) is 6.32. The molecule has 0 heterocycles. The number of ketones is 1. The van der Waals surface area contributed by atoms with Gasteiger partial charge in [-0.05, 0) is 6.42 Å². The van der Waals surface area contributed by atoms with Crippen LogP contribution >= 0.6 is 0 Å². The molecule has 0 fully saturated rings. The Morgan fingerprint density at radius 1 is 1.05 bits per heavy atom. The molecule has 8 nitrogen and oxygen atoms in total. The van der Waals surface area contributed by atoms with Gasteiger partial charge in [0.1, 0.15) is 24.9 Å². The van der Waals surface area contributed by atoms with Crippen molar-refractivity contribution in [3.8, 4) is 0 Å².